The molecule has 2 aromatic carbocycles. The Morgan fingerprint density at radius 1 is 1.12 bits per heavy atom. The summed E-state index contributed by atoms with van der Waals surface area (Å²) in [6.07, 6.45) is 0.876. The van der Waals surface area contributed by atoms with E-state index >= 15 is 0 Å². The monoisotopic (exact) mass is 365 g/mol. The topological polar surface area (TPSA) is 57.6 Å². The van der Waals surface area contributed by atoms with Crippen molar-refractivity contribution in [3.05, 3.63) is 59.7 Å². The Morgan fingerprint density at radius 2 is 1.85 bits per heavy atom. The molecule has 4 unspecified atom stereocenters. The maximum atomic E-state index is 13.4. The largest absolute Gasteiger partial charge is 0.508 e. The number of thioether (sulfide) groups is 1. The zero-order valence-electron chi connectivity index (χ0n) is 14.4. The highest BCUT2D eigenvalue weighted by Gasteiger charge is 2.70. The van der Waals surface area contributed by atoms with Crippen molar-refractivity contribution in [2.45, 2.75) is 24.0 Å². The third kappa shape index (κ3) is 1.81. The van der Waals surface area contributed by atoms with Gasteiger partial charge in [0.05, 0.1) is 22.3 Å². The molecule has 2 aliphatic carbocycles. The molecule has 5 heteroatoms. The third-order valence-electron chi connectivity index (χ3n) is 6.14. The Hall–Kier alpha value is -2.27. The van der Waals surface area contributed by atoms with Crippen molar-refractivity contribution in [3.8, 4) is 5.75 Å². The first kappa shape index (κ1) is 15.9. The lowest BCUT2D eigenvalue weighted by molar-refractivity contribution is -0.123. The van der Waals surface area contributed by atoms with Crippen molar-refractivity contribution in [2.75, 3.05) is 10.7 Å². The van der Waals surface area contributed by atoms with E-state index in [-0.39, 0.29) is 40.1 Å². The first-order chi connectivity index (χ1) is 12.6. The van der Waals surface area contributed by atoms with Crippen LogP contribution in [-0.2, 0) is 14.3 Å². The normalized spacial score (nSPS) is 31.4. The number of fused-ring (bicyclic) bond motifs is 8. The quantitative estimate of drug-likeness (QED) is 0.844. The molecule has 3 aliphatic rings. The molecule has 2 amide bonds. The van der Waals surface area contributed by atoms with Gasteiger partial charge in [-0.3, -0.25) is 9.59 Å². The van der Waals surface area contributed by atoms with Crippen LogP contribution in [0.25, 0.3) is 0 Å². The van der Waals surface area contributed by atoms with Crippen LogP contribution < -0.4 is 4.90 Å². The number of nitrogens with zero attached hydrogens (tertiary/aromatic N) is 1. The molecule has 1 saturated heterocycles. The Morgan fingerprint density at radius 3 is 2.58 bits per heavy atom. The Balaban J connectivity index is 1.64. The fraction of sp³-hybridized carbons (Fsp3) is 0.333. The molecule has 2 fully saturated rings. The number of rotatable bonds is 3. The summed E-state index contributed by atoms with van der Waals surface area (Å²) in [5, 5.41) is 9.52. The number of carbonyl (C=O) groups is 2. The molecule has 2 aromatic rings. The molecule has 1 N–H and O–H groups in total. The van der Waals surface area contributed by atoms with Gasteiger partial charge in [0.2, 0.25) is 11.8 Å². The molecule has 2 bridgehead atoms. The maximum Gasteiger partial charge on any atom is 0.239 e. The van der Waals surface area contributed by atoms with Crippen LogP contribution in [0.1, 0.15) is 30.4 Å². The SMILES string of the molecule is CCSC12CC(c3ccccc31)C1C(=O)N(c3ccc(O)cc3)C(=O)C12. The summed E-state index contributed by atoms with van der Waals surface area (Å²) in [6, 6.07) is 14.6. The average molecular weight is 365 g/mol. The van der Waals surface area contributed by atoms with E-state index in [1.54, 1.807) is 12.1 Å². The van der Waals surface area contributed by atoms with Gasteiger partial charge in [0, 0.05) is 0 Å². The van der Waals surface area contributed by atoms with E-state index in [9.17, 15) is 14.7 Å². The molecule has 4 atom stereocenters. The lowest BCUT2D eigenvalue weighted by atomic mass is 9.77. The van der Waals surface area contributed by atoms with Crippen LogP contribution >= 0.6 is 11.8 Å². The molecule has 132 valence electrons. The summed E-state index contributed by atoms with van der Waals surface area (Å²) in [7, 11) is 0. The fourth-order valence-corrected chi connectivity index (χ4v) is 6.88. The predicted octanol–water partition coefficient (Wildman–Crippen LogP) is 3.65. The molecule has 1 heterocycles. The van der Waals surface area contributed by atoms with Crippen LogP contribution in [0.2, 0.25) is 0 Å². The molecule has 26 heavy (non-hydrogen) atoms. The average Bonchev–Trinajstić information content (AvgIpc) is 3.24. The molecule has 5 rings (SSSR count). The van der Waals surface area contributed by atoms with Gasteiger partial charge in [0.1, 0.15) is 5.75 Å². The van der Waals surface area contributed by atoms with Crippen molar-refractivity contribution >= 4 is 29.3 Å². The van der Waals surface area contributed by atoms with Crippen molar-refractivity contribution in [3.63, 3.8) is 0 Å². The van der Waals surface area contributed by atoms with E-state index in [2.05, 4.69) is 19.1 Å². The molecular weight excluding hydrogens is 346 g/mol. The number of phenolic OH excluding ortho intramolecular Hbond substituents is 1. The minimum atomic E-state index is -0.298. The second kappa shape index (κ2) is 5.36. The molecule has 0 spiro atoms. The number of carbonyl (C=O) groups excluding carboxylic acids is 2. The first-order valence-electron chi connectivity index (χ1n) is 8.98. The van der Waals surface area contributed by atoms with Crippen molar-refractivity contribution < 1.29 is 14.7 Å². The van der Waals surface area contributed by atoms with Crippen molar-refractivity contribution in [1.82, 2.24) is 0 Å². The van der Waals surface area contributed by atoms with E-state index < -0.39 is 0 Å². The second-order valence-corrected chi connectivity index (χ2v) is 8.85. The minimum absolute atomic E-state index is 0.0937. The highest BCUT2D eigenvalue weighted by molar-refractivity contribution is 8.00. The number of amides is 2. The number of aromatic hydroxyl groups is 1. The van der Waals surface area contributed by atoms with Gasteiger partial charge in [-0.05, 0) is 53.5 Å². The number of anilines is 1. The molecule has 1 saturated carbocycles. The Labute approximate surface area is 156 Å². The van der Waals surface area contributed by atoms with E-state index in [0.717, 1.165) is 12.2 Å². The van der Waals surface area contributed by atoms with Crippen LogP contribution in [0.15, 0.2) is 48.5 Å². The molecule has 0 aromatic heterocycles. The first-order valence-corrected chi connectivity index (χ1v) is 9.97. The zero-order valence-corrected chi connectivity index (χ0v) is 15.2. The van der Waals surface area contributed by atoms with E-state index in [0.29, 0.717) is 5.69 Å². The van der Waals surface area contributed by atoms with E-state index in [4.69, 9.17) is 0 Å². The van der Waals surface area contributed by atoms with Gasteiger partial charge in [-0.2, -0.15) is 0 Å². The van der Waals surface area contributed by atoms with Crippen LogP contribution in [0.4, 0.5) is 5.69 Å². The summed E-state index contributed by atoms with van der Waals surface area (Å²) in [5.41, 5.74) is 3.03. The lowest BCUT2D eigenvalue weighted by Gasteiger charge is -2.34. The van der Waals surface area contributed by atoms with Gasteiger partial charge >= 0.3 is 0 Å². The van der Waals surface area contributed by atoms with Crippen LogP contribution in [0.3, 0.4) is 0 Å². The van der Waals surface area contributed by atoms with Gasteiger partial charge in [-0.15, -0.1) is 11.8 Å². The van der Waals surface area contributed by atoms with Gasteiger partial charge in [-0.1, -0.05) is 31.2 Å². The minimum Gasteiger partial charge on any atom is -0.508 e. The van der Waals surface area contributed by atoms with E-state index in [1.165, 1.54) is 28.2 Å². The fourth-order valence-electron chi connectivity index (χ4n) is 5.29. The summed E-state index contributed by atoms with van der Waals surface area (Å²) >= 11 is 1.81. The summed E-state index contributed by atoms with van der Waals surface area (Å²) in [4.78, 5) is 28.0. The van der Waals surface area contributed by atoms with Gasteiger partial charge in [0.25, 0.3) is 0 Å². The molecule has 0 radical (unpaired) electrons. The number of benzene rings is 2. The molecular formula is C21H19NO3S. The van der Waals surface area contributed by atoms with Gasteiger partial charge < -0.3 is 5.11 Å². The van der Waals surface area contributed by atoms with Crippen molar-refractivity contribution in [2.24, 2.45) is 11.8 Å². The Bertz CT molecular complexity index is 925. The number of hydrogen-bond acceptors (Lipinski definition) is 4. The molecule has 4 nitrogen and oxygen atoms in total. The smallest absolute Gasteiger partial charge is 0.239 e. The molecule has 1 aliphatic heterocycles. The standard InChI is InChI=1S/C21H19NO3S/c1-2-26-21-11-15(14-5-3-4-6-16(14)21)17-18(21)20(25)22(19(17)24)12-7-9-13(23)10-8-12/h3-10,15,17-18,23H,2,11H2,1H3. The lowest BCUT2D eigenvalue weighted by Crippen LogP contribution is -2.37. The van der Waals surface area contributed by atoms with Gasteiger partial charge in [-0.25, -0.2) is 4.90 Å². The highest BCUT2D eigenvalue weighted by Crippen LogP contribution is 2.69. The van der Waals surface area contributed by atoms with Gasteiger partial charge in [0.15, 0.2) is 0 Å². The Kier molecular flexibility index (Phi) is 3.29. The summed E-state index contributed by atoms with van der Waals surface area (Å²) in [6.45, 7) is 2.11. The number of phenols is 1. The van der Waals surface area contributed by atoms with Crippen molar-refractivity contribution in [1.29, 1.82) is 0 Å². The predicted molar refractivity (Wildman–Crippen MR) is 101 cm³/mol. The number of hydrogen-bond donors (Lipinski definition) is 1. The summed E-state index contributed by atoms with van der Waals surface area (Å²) in [5.74, 6) is 0.393. The number of imide groups is 1. The second-order valence-electron chi connectivity index (χ2n) is 7.25. The van der Waals surface area contributed by atoms with Crippen LogP contribution in [0.5, 0.6) is 5.75 Å². The maximum absolute atomic E-state index is 13.4. The van der Waals surface area contributed by atoms with Crippen LogP contribution in [0, 0.1) is 11.8 Å². The third-order valence-corrected chi connectivity index (χ3v) is 7.58. The van der Waals surface area contributed by atoms with E-state index in [1.807, 2.05) is 23.9 Å². The highest BCUT2D eigenvalue weighted by atomic mass is 32.2. The zero-order chi connectivity index (χ0) is 18.1. The summed E-state index contributed by atoms with van der Waals surface area (Å²) < 4.78 is -0.293. The van der Waals surface area contributed by atoms with Crippen LogP contribution in [-0.4, -0.2) is 22.7 Å².